The van der Waals surface area contributed by atoms with E-state index in [9.17, 15) is 4.79 Å². The van der Waals surface area contributed by atoms with Gasteiger partial charge in [-0.25, -0.2) is 0 Å². The predicted molar refractivity (Wildman–Crippen MR) is 108 cm³/mol. The molecule has 2 aromatic carbocycles. The minimum Gasteiger partial charge on any atom is -0.397 e. The van der Waals surface area contributed by atoms with E-state index in [1.807, 2.05) is 30.3 Å². The summed E-state index contributed by atoms with van der Waals surface area (Å²) in [6.45, 7) is 5.38. The second kappa shape index (κ2) is 7.48. The monoisotopic (exact) mass is 401 g/mol. The van der Waals surface area contributed by atoms with Crippen molar-refractivity contribution in [2.45, 2.75) is 39.2 Å². The smallest absolute Gasteiger partial charge is 0.256 e. The van der Waals surface area contributed by atoms with Gasteiger partial charge in [-0.3, -0.25) is 4.79 Å². The van der Waals surface area contributed by atoms with E-state index in [4.69, 9.17) is 5.73 Å². The summed E-state index contributed by atoms with van der Waals surface area (Å²) in [6.07, 6.45) is 3.67. The number of nitrogens with two attached hydrogens (primary N) is 1. The number of rotatable bonds is 3. The first-order valence-corrected chi connectivity index (χ1v) is 9.49. The van der Waals surface area contributed by atoms with Gasteiger partial charge >= 0.3 is 0 Å². The fourth-order valence-corrected chi connectivity index (χ4v) is 3.89. The molecule has 1 amide bonds. The molecule has 0 saturated carbocycles. The zero-order valence-electron chi connectivity index (χ0n) is 14.7. The number of nitrogen functional groups attached to an aromatic ring is 1. The SMILES string of the molecule is Cc1cc(N)c(NC(=O)c2ccccc2Br)cc1N1CCCCC1C. The van der Waals surface area contributed by atoms with E-state index in [1.54, 1.807) is 6.07 Å². The lowest BCUT2D eigenvalue weighted by Gasteiger charge is -2.36. The molecule has 1 unspecified atom stereocenters. The van der Waals surface area contributed by atoms with E-state index >= 15 is 0 Å². The van der Waals surface area contributed by atoms with E-state index in [0.717, 1.165) is 22.3 Å². The largest absolute Gasteiger partial charge is 0.397 e. The molecular weight excluding hydrogens is 378 g/mol. The van der Waals surface area contributed by atoms with Gasteiger partial charge in [-0.1, -0.05) is 12.1 Å². The minimum atomic E-state index is -0.166. The topological polar surface area (TPSA) is 58.4 Å². The number of aryl methyl sites for hydroxylation is 1. The van der Waals surface area contributed by atoms with Crippen LogP contribution in [0.1, 0.15) is 42.1 Å². The number of carbonyl (C=O) groups excluding carboxylic acids is 1. The minimum absolute atomic E-state index is 0.166. The van der Waals surface area contributed by atoms with Crippen LogP contribution in [0.5, 0.6) is 0 Å². The summed E-state index contributed by atoms with van der Waals surface area (Å²) in [4.78, 5) is 15.0. The molecule has 1 fully saturated rings. The standard InChI is InChI=1S/C20H24BrN3O/c1-13-11-17(22)18(12-19(13)24-10-6-5-7-14(24)2)23-20(25)15-8-3-4-9-16(15)21/h3-4,8-9,11-12,14H,5-7,10,22H2,1-2H3,(H,23,25). The number of carbonyl (C=O) groups is 1. The highest BCUT2D eigenvalue weighted by Gasteiger charge is 2.21. The maximum atomic E-state index is 12.6. The van der Waals surface area contributed by atoms with Crippen LogP contribution in [0.15, 0.2) is 40.9 Å². The normalized spacial score (nSPS) is 17.4. The number of nitrogens with zero attached hydrogens (tertiary/aromatic N) is 1. The van der Waals surface area contributed by atoms with Crippen LogP contribution in [-0.2, 0) is 0 Å². The number of hydrogen-bond acceptors (Lipinski definition) is 3. The zero-order chi connectivity index (χ0) is 18.0. The summed E-state index contributed by atoms with van der Waals surface area (Å²) in [5, 5.41) is 2.97. The van der Waals surface area contributed by atoms with Gasteiger partial charge < -0.3 is 16.0 Å². The van der Waals surface area contributed by atoms with Gasteiger partial charge in [0.1, 0.15) is 0 Å². The molecule has 1 saturated heterocycles. The molecule has 132 valence electrons. The van der Waals surface area contributed by atoms with Gasteiger partial charge in [-0.05, 0) is 78.9 Å². The molecule has 1 heterocycles. The molecule has 3 N–H and O–H groups in total. The van der Waals surface area contributed by atoms with Gasteiger partial charge in [0.2, 0.25) is 0 Å². The Hall–Kier alpha value is -2.01. The van der Waals surface area contributed by atoms with Crippen LogP contribution in [0.25, 0.3) is 0 Å². The molecular formula is C20H24BrN3O. The summed E-state index contributed by atoms with van der Waals surface area (Å²) < 4.78 is 0.767. The van der Waals surface area contributed by atoms with E-state index in [0.29, 0.717) is 23.0 Å². The molecule has 1 aliphatic rings. The van der Waals surface area contributed by atoms with Gasteiger partial charge in [0.25, 0.3) is 5.91 Å². The molecule has 5 heteroatoms. The van der Waals surface area contributed by atoms with Crippen LogP contribution in [0.4, 0.5) is 17.1 Å². The molecule has 1 atom stereocenters. The van der Waals surface area contributed by atoms with Crippen molar-refractivity contribution in [2.24, 2.45) is 0 Å². The highest BCUT2D eigenvalue weighted by Crippen LogP contribution is 2.34. The number of piperidine rings is 1. The number of nitrogens with one attached hydrogen (secondary N) is 1. The fourth-order valence-electron chi connectivity index (χ4n) is 3.43. The molecule has 0 spiro atoms. The third kappa shape index (κ3) is 3.82. The Kier molecular flexibility index (Phi) is 5.33. The van der Waals surface area contributed by atoms with E-state index in [2.05, 4.69) is 40.0 Å². The molecule has 1 aliphatic heterocycles. The second-order valence-corrected chi connectivity index (χ2v) is 7.55. The lowest BCUT2D eigenvalue weighted by Crippen LogP contribution is -2.37. The van der Waals surface area contributed by atoms with Crippen LogP contribution < -0.4 is 16.0 Å². The van der Waals surface area contributed by atoms with Gasteiger partial charge in [0.05, 0.1) is 16.9 Å². The van der Waals surface area contributed by atoms with Crippen LogP contribution in [0.2, 0.25) is 0 Å². The van der Waals surface area contributed by atoms with Crippen molar-refractivity contribution in [1.82, 2.24) is 0 Å². The number of halogens is 1. The molecule has 0 aromatic heterocycles. The predicted octanol–water partition coefficient (Wildman–Crippen LogP) is 4.97. The molecule has 0 radical (unpaired) electrons. The van der Waals surface area contributed by atoms with Crippen LogP contribution >= 0.6 is 15.9 Å². The van der Waals surface area contributed by atoms with Crippen molar-refractivity contribution in [1.29, 1.82) is 0 Å². The summed E-state index contributed by atoms with van der Waals surface area (Å²) in [5.74, 6) is -0.166. The second-order valence-electron chi connectivity index (χ2n) is 6.70. The molecule has 4 nitrogen and oxygen atoms in total. The Morgan fingerprint density at radius 2 is 2.04 bits per heavy atom. The Morgan fingerprint density at radius 3 is 2.76 bits per heavy atom. The first kappa shape index (κ1) is 17.8. The molecule has 25 heavy (non-hydrogen) atoms. The van der Waals surface area contributed by atoms with Crippen molar-refractivity contribution >= 4 is 38.9 Å². The summed E-state index contributed by atoms with van der Waals surface area (Å²) in [7, 11) is 0. The lowest BCUT2D eigenvalue weighted by molar-refractivity contribution is 0.102. The first-order valence-electron chi connectivity index (χ1n) is 8.70. The van der Waals surface area contributed by atoms with Crippen LogP contribution in [0.3, 0.4) is 0 Å². The lowest BCUT2D eigenvalue weighted by atomic mass is 10.0. The molecule has 0 bridgehead atoms. The van der Waals surface area contributed by atoms with E-state index in [1.165, 1.54) is 19.3 Å². The maximum absolute atomic E-state index is 12.6. The van der Waals surface area contributed by atoms with Crippen LogP contribution in [0, 0.1) is 6.92 Å². The van der Waals surface area contributed by atoms with Gasteiger partial charge in [0, 0.05) is 22.7 Å². The fraction of sp³-hybridized carbons (Fsp3) is 0.350. The summed E-state index contributed by atoms with van der Waals surface area (Å²) >= 11 is 3.42. The maximum Gasteiger partial charge on any atom is 0.256 e. The highest BCUT2D eigenvalue weighted by molar-refractivity contribution is 9.10. The van der Waals surface area contributed by atoms with Gasteiger partial charge in [-0.2, -0.15) is 0 Å². The van der Waals surface area contributed by atoms with Crippen molar-refractivity contribution in [2.75, 3.05) is 22.5 Å². The molecule has 0 aliphatic carbocycles. The van der Waals surface area contributed by atoms with Crippen molar-refractivity contribution < 1.29 is 4.79 Å². The number of anilines is 3. The van der Waals surface area contributed by atoms with Crippen molar-refractivity contribution in [3.8, 4) is 0 Å². The average molecular weight is 402 g/mol. The summed E-state index contributed by atoms with van der Waals surface area (Å²) in [5.41, 5.74) is 10.3. The Labute approximate surface area is 157 Å². The molecule has 3 rings (SSSR count). The molecule has 2 aromatic rings. The van der Waals surface area contributed by atoms with E-state index < -0.39 is 0 Å². The third-order valence-corrected chi connectivity index (χ3v) is 5.54. The number of amides is 1. The average Bonchev–Trinajstić information content (AvgIpc) is 2.58. The van der Waals surface area contributed by atoms with Crippen molar-refractivity contribution in [3.63, 3.8) is 0 Å². The summed E-state index contributed by atoms with van der Waals surface area (Å²) in [6, 6.07) is 11.8. The Morgan fingerprint density at radius 1 is 1.28 bits per heavy atom. The number of hydrogen-bond donors (Lipinski definition) is 2. The van der Waals surface area contributed by atoms with Gasteiger partial charge in [-0.15, -0.1) is 0 Å². The third-order valence-electron chi connectivity index (χ3n) is 4.85. The van der Waals surface area contributed by atoms with Gasteiger partial charge in [0.15, 0.2) is 0 Å². The quantitative estimate of drug-likeness (QED) is 0.713. The first-order chi connectivity index (χ1) is 12.0. The van der Waals surface area contributed by atoms with Crippen molar-refractivity contribution in [3.05, 3.63) is 52.0 Å². The Bertz CT molecular complexity index is 791. The van der Waals surface area contributed by atoms with Crippen LogP contribution in [-0.4, -0.2) is 18.5 Å². The Balaban J connectivity index is 1.90. The zero-order valence-corrected chi connectivity index (χ0v) is 16.3. The number of benzene rings is 2. The van der Waals surface area contributed by atoms with E-state index in [-0.39, 0.29) is 5.91 Å². The highest BCUT2D eigenvalue weighted by atomic mass is 79.9.